The molecule has 0 bridgehead atoms. The molecule has 1 heterocycles. The van der Waals surface area contributed by atoms with Crippen molar-refractivity contribution in [3.8, 4) is 11.3 Å². The monoisotopic (exact) mass is 608 g/mol. The normalized spacial score (nSPS) is 11.3. The maximum Gasteiger partial charge on any atom is 0.271 e. The van der Waals surface area contributed by atoms with Gasteiger partial charge in [0.25, 0.3) is 5.91 Å². The van der Waals surface area contributed by atoms with Crippen molar-refractivity contribution in [2.45, 2.75) is 73.5 Å². The van der Waals surface area contributed by atoms with Crippen molar-refractivity contribution < 1.29 is 4.79 Å². The van der Waals surface area contributed by atoms with Gasteiger partial charge >= 0.3 is 0 Å². The lowest BCUT2D eigenvalue weighted by Crippen LogP contribution is -2.32. The number of rotatable bonds is 10. The van der Waals surface area contributed by atoms with Crippen molar-refractivity contribution in [3.63, 3.8) is 0 Å². The van der Waals surface area contributed by atoms with Crippen LogP contribution in [0.2, 0.25) is 5.02 Å². The van der Waals surface area contributed by atoms with E-state index in [4.69, 9.17) is 23.1 Å². The first kappa shape index (κ1) is 37.8. The highest BCUT2D eigenvalue weighted by Gasteiger charge is 2.16. The summed E-state index contributed by atoms with van der Waals surface area (Å²) in [6.07, 6.45) is 3.55. The van der Waals surface area contributed by atoms with E-state index in [0.29, 0.717) is 23.8 Å². The summed E-state index contributed by atoms with van der Waals surface area (Å²) >= 11 is 6.18. The third-order valence-corrected chi connectivity index (χ3v) is 7.19. The fraction of sp³-hybridized carbons (Fsp3) is 0.429. The zero-order valence-electron chi connectivity index (χ0n) is 27.6. The first-order valence-corrected chi connectivity index (χ1v) is 15.1. The van der Waals surface area contributed by atoms with Gasteiger partial charge in [-0.15, -0.1) is 0 Å². The number of aromatic nitrogens is 2. The minimum atomic E-state index is -0.220. The van der Waals surface area contributed by atoms with Crippen LogP contribution in [0.5, 0.6) is 0 Å². The Hall–Kier alpha value is -3.23. The molecule has 0 saturated heterocycles. The van der Waals surface area contributed by atoms with Crippen molar-refractivity contribution in [1.82, 2.24) is 20.4 Å². The molecule has 3 aromatic rings. The molecule has 7 nitrogen and oxygen atoms in total. The Bertz CT molecular complexity index is 1330. The van der Waals surface area contributed by atoms with Crippen LogP contribution in [-0.4, -0.2) is 41.9 Å². The fourth-order valence-corrected chi connectivity index (χ4v) is 3.98. The van der Waals surface area contributed by atoms with Crippen molar-refractivity contribution in [1.29, 1.82) is 0 Å². The lowest BCUT2D eigenvalue weighted by Gasteiger charge is -2.17. The van der Waals surface area contributed by atoms with Crippen LogP contribution in [0.1, 0.15) is 75.1 Å². The quantitative estimate of drug-likeness (QED) is 0.188. The van der Waals surface area contributed by atoms with Crippen molar-refractivity contribution in [3.05, 3.63) is 99.7 Å². The maximum atomic E-state index is 12.1. The summed E-state index contributed by atoms with van der Waals surface area (Å²) in [6, 6.07) is 15.7. The van der Waals surface area contributed by atoms with Crippen LogP contribution in [0.3, 0.4) is 0 Å². The van der Waals surface area contributed by atoms with Crippen LogP contribution >= 0.6 is 11.6 Å². The molecule has 43 heavy (non-hydrogen) atoms. The Balaban J connectivity index is 0.000000449. The Morgan fingerprint density at radius 2 is 1.72 bits per heavy atom. The van der Waals surface area contributed by atoms with E-state index in [9.17, 15) is 4.79 Å². The summed E-state index contributed by atoms with van der Waals surface area (Å²) in [4.78, 5) is 12.1. The number of allylic oxidation sites excluding steroid dienone is 2. The molecule has 1 aromatic heterocycles. The number of halogens is 1. The van der Waals surface area contributed by atoms with E-state index in [-0.39, 0.29) is 11.4 Å². The predicted octanol–water partition coefficient (Wildman–Crippen LogP) is 6.88. The highest BCUT2D eigenvalue weighted by atomic mass is 35.5. The Kier molecular flexibility index (Phi) is 16.2. The first-order valence-electron chi connectivity index (χ1n) is 14.7. The second-order valence-electron chi connectivity index (χ2n) is 11.8. The van der Waals surface area contributed by atoms with E-state index in [1.54, 1.807) is 13.1 Å². The van der Waals surface area contributed by atoms with Crippen LogP contribution in [0.25, 0.3) is 11.3 Å². The van der Waals surface area contributed by atoms with E-state index < -0.39 is 0 Å². The van der Waals surface area contributed by atoms with E-state index in [1.165, 1.54) is 17.6 Å². The minimum Gasteiger partial charge on any atom is -0.354 e. The molecule has 2 aromatic carbocycles. The van der Waals surface area contributed by atoms with Crippen molar-refractivity contribution in [2.24, 2.45) is 17.4 Å². The number of nitrogens with one attached hydrogen (secondary N) is 2. The van der Waals surface area contributed by atoms with Gasteiger partial charge in [0.05, 0.1) is 12.2 Å². The molecule has 0 spiro atoms. The van der Waals surface area contributed by atoms with Gasteiger partial charge in [-0.3, -0.25) is 9.48 Å². The number of benzene rings is 2. The van der Waals surface area contributed by atoms with Gasteiger partial charge in [0.1, 0.15) is 0 Å². The number of nitrogens with zero attached hydrogens (tertiary/aromatic N) is 2. The molecule has 0 saturated carbocycles. The SMILES string of the molecule is C=C(C)C(C)(C)N.CNC(=O)c1cc(-c2ccc(Cl)c(CN)c2)n(Cc2ccc(C)cc2)n1.CNCCC(C)C=C(C)C. The van der Waals surface area contributed by atoms with Crippen LogP contribution in [0.15, 0.2) is 72.3 Å². The van der Waals surface area contributed by atoms with Crippen molar-refractivity contribution >= 4 is 17.5 Å². The maximum absolute atomic E-state index is 12.1. The number of nitrogens with two attached hydrogens (primary N) is 2. The summed E-state index contributed by atoms with van der Waals surface area (Å²) in [5.41, 5.74) is 18.9. The van der Waals surface area contributed by atoms with Crippen LogP contribution < -0.4 is 22.1 Å². The Labute approximate surface area is 264 Å². The molecular weight excluding hydrogens is 556 g/mol. The van der Waals surface area contributed by atoms with Crippen LogP contribution in [0, 0.1) is 12.8 Å². The fourth-order valence-electron chi connectivity index (χ4n) is 3.79. The topological polar surface area (TPSA) is 111 Å². The smallest absolute Gasteiger partial charge is 0.271 e. The van der Waals surface area contributed by atoms with E-state index in [0.717, 1.165) is 40.4 Å². The summed E-state index contributed by atoms with van der Waals surface area (Å²) in [5.74, 6) is 0.499. The van der Waals surface area contributed by atoms with Gasteiger partial charge in [-0.1, -0.05) is 78.2 Å². The summed E-state index contributed by atoms with van der Waals surface area (Å²) in [7, 11) is 3.59. The standard InChI is InChI=1S/C20H21ClN4O.C9H19N.C6H13N/c1-13-3-5-14(6-4-13)12-25-19(10-18(24-25)20(26)23-2)15-7-8-17(21)16(9-15)11-22;1-8(2)7-9(3)5-6-10-4;1-5(2)6(3,4)7/h3-10H,11-12,22H2,1-2H3,(H,23,26);7,9-10H,5-6H2,1-4H3;1,7H2,2-4H3. The molecule has 1 amide bonds. The zero-order chi connectivity index (χ0) is 32.7. The van der Waals surface area contributed by atoms with Gasteiger partial charge in [-0.25, -0.2) is 0 Å². The van der Waals surface area contributed by atoms with Crippen LogP contribution in [-0.2, 0) is 13.1 Å². The number of hydrogen-bond donors (Lipinski definition) is 4. The molecule has 6 N–H and O–H groups in total. The number of carbonyl (C=O) groups is 1. The predicted molar refractivity (Wildman–Crippen MR) is 184 cm³/mol. The van der Waals surface area contributed by atoms with Gasteiger partial charge in [-0.2, -0.15) is 5.10 Å². The Morgan fingerprint density at radius 3 is 2.21 bits per heavy atom. The molecule has 0 fully saturated rings. The summed E-state index contributed by atoms with van der Waals surface area (Å²) in [5, 5.41) is 10.9. The second-order valence-corrected chi connectivity index (χ2v) is 12.2. The van der Waals surface area contributed by atoms with Gasteiger partial charge < -0.3 is 22.1 Å². The van der Waals surface area contributed by atoms with Gasteiger partial charge in [0, 0.05) is 29.7 Å². The molecule has 1 atom stereocenters. The molecule has 0 aliphatic carbocycles. The van der Waals surface area contributed by atoms with E-state index >= 15 is 0 Å². The van der Waals surface area contributed by atoms with E-state index in [1.807, 2.05) is 50.7 Å². The van der Waals surface area contributed by atoms with Gasteiger partial charge in [0.2, 0.25) is 0 Å². The van der Waals surface area contributed by atoms with Crippen LogP contribution in [0.4, 0.5) is 0 Å². The Morgan fingerprint density at radius 1 is 1.12 bits per heavy atom. The first-order chi connectivity index (χ1) is 20.1. The molecule has 0 radical (unpaired) electrons. The van der Waals surface area contributed by atoms with E-state index in [2.05, 4.69) is 80.3 Å². The van der Waals surface area contributed by atoms with Gasteiger partial charge in [0.15, 0.2) is 5.69 Å². The third kappa shape index (κ3) is 13.7. The van der Waals surface area contributed by atoms with Crippen molar-refractivity contribution in [2.75, 3.05) is 20.6 Å². The lowest BCUT2D eigenvalue weighted by atomic mass is 9.99. The largest absolute Gasteiger partial charge is 0.354 e. The molecule has 1 unspecified atom stereocenters. The molecule has 0 aliphatic heterocycles. The molecule has 236 valence electrons. The summed E-state index contributed by atoms with van der Waals surface area (Å²) < 4.78 is 1.83. The average molecular weight is 609 g/mol. The number of carbonyl (C=O) groups excluding carboxylic acids is 1. The number of amides is 1. The second kappa shape index (κ2) is 18.4. The molecule has 8 heteroatoms. The highest BCUT2D eigenvalue weighted by molar-refractivity contribution is 6.31. The lowest BCUT2D eigenvalue weighted by molar-refractivity contribution is 0.0957. The third-order valence-electron chi connectivity index (χ3n) is 6.82. The van der Waals surface area contributed by atoms with Gasteiger partial charge in [-0.05, 0) is 96.8 Å². The number of hydrogen-bond acceptors (Lipinski definition) is 5. The highest BCUT2D eigenvalue weighted by Crippen LogP contribution is 2.26. The summed E-state index contributed by atoms with van der Waals surface area (Å²) in [6.45, 7) is 20.1. The zero-order valence-corrected chi connectivity index (χ0v) is 28.4. The molecule has 3 rings (SSSR count). The molecular formula is C35H53ClN6O. The molecule has 0 aliphatic rings. The average Bonchev–Trinajstić information content (AvgIpc) is 3.36. The number of aryl methyl sites for hydroxylation is 1. The minimum absolute atomic E-state index is 0.194.